The summed E-state index contributed by atoms with van der Waals surface area (Å²) in [6.07, 6.45) is 2.11. The van der Waals surface area contributed by atoms with Crippen LogP contribution in [-0.4, -0.2) is 68.3 Å². The van der Waals surface area contributed by atoms with Gasteiger partial charge in [-0.3, -0.25) is 9.69 Å². The number of carbonyl (C=O) groups is 1. The van der Waals surface area contributed by atoms with Gasteiger partial charge in [0.1, 0.15) is 5.75 Å². The fourth-order valence-corrected chi connectivity index (χ4v) is 3.38. The number of hydrogen-bond donors (Lipinski definition) is 0. The highest BCUT2D eigenvalue weighted by Gasteiger charge is 2.25. The molecule has 0 atom stereocenters. The molecule has 2 heterocycles. The fraction of sp³-hybridized carbons (Fsp3) is 0.579. The molecule has 134 valence electrons. The second-order valence-corrected chi connectivity index (χ2v) is 6.66. The minimum absolute atomic E-state index is 0.0363. The summed E-state index contributed by atoms with van der Waals surface area (Å²) in [5.41, 5.74) is 0.584. The van der Waals surface area contributed by atoms with Crippen LogP contribution in [0.2, 0.25) is 0 Å². The zero-order chi connectivity index (χ0) is 17.5. The molecule has 2 aliphatic rings. The van der Waals surface area contributed by atoms with Gasteiger partial charge >= 0.3 is 0 Å². The lowest BCUT2D eigenvalue weighted by atomic mass is 9.96. The van der Waals surface area contributed by atoms with Gasteiger partial charge < -0.3 is 14.4 Å². The molecule has 0 saturated carbocycles. The quantitative estimate of drug-likeness (QED) is 0.811. The van der Waals surface area contributed by atoms with Crippen LogP contribution in [0.1, 0.15) is 18.4 Å². The van der Waals surface area contributed by atoms with Crippen molar-refractivity contribution in [2.75, 3.05) is 52.5 Å². The maximum atomic E-state index is 12.3. The third-order valence-corrected chi connectivity index (χ3v) is 4.93. The predicted molar refractivity (Wildman–Crippen MR) is 93.2 cm³/mol. The number of nitriles is 1. The maximum absolute atomic E-state index is 12.3. The Bertz CT molecular complexity index is 597. The van der Waals surface area contributed by atoms with Crippen molar-refractivity contribution in [3.63, 3.8) is 0 Å². The molecule has 25 heavy (non-hydrogen) atoms. The van der Waals surface area contributed by atoms with Crippen molar-refractivity contribution in [1.82, 2.24) is 9.80 Å². The van der Waals surface area contributed by atoms with Crippen molar-refractivity contribution in [2.45, 2.75) is 12.8 Å². The van der Waals surface area contributed by atoms with Crippen LogP contribution in [0.4, 0.5) is 0 Å². The Morgan fingerprint density at radius 2 is 1.84 bits per heavy atom. The smallest absolute Gasteiger partial charge is 0.260 e. The first-order valence-electron chi connectivity index (χ1n) is 8.95. The summed E-state index contributed by atoms with van der Waals surface area (Å²) < 4.78 is 10.9. The number of amides is 1. The molecular formula is C19H25N3O3. The van der Waals surface area contributed by atoms with Gasteiger partial charge in [0, 0.05) is 32.7 Å². The van der Waals surface area contributed by atoms with Crippen molar-refractivity contribution in [3.05, 3.63) is 29.8 Å². The van der Waals surface area contributed by atoms with Crippen molar-refractivity contribution in [1.29, 1.82) is 5.26 Å². The lowest BCUT2D eigenvalue weighted by molar-refractivity contribution is -0.134. The summed E-state index contributed by atoms with van der Waals surface area (Å²) >= 11 is 0. The van der Waals surface area contributed by atoms with Crippen LogP contribution < -0.4 is 4.74 Å². The number of morpholine rings is 1. The molecule has 1 aromatic rings. The normalized spacial score (nSPS) is 19.4. The molecule has 6 nitrogen and oxygen atoms in total. The molecule has 0 aromatic heterocycles. The van der Waals surface area contributed by atoms with E-state index in [1.807, 2.05) is 4.90 Å². The Balaban J connectivity index is 1.38. The van der Waals surface area contributed by atoms with Crippen LogP contribution in [0.3, 0.4) is 0 Å². The van der Waals surface area contributed by atoms with Gasteiger partial charge in [-0.2, -0.15) is 5.26 Å². The van der Waals surface area contributed by atoms with Gasteiger partial charge in [-0.15, -0.1) is 0 Å². The number of rotatable bonds is 5. The van der Waals surface area contributed by atoms with Gasteiger partial charge in [0.15, 0.2) is 6.61 Å². The molecule has 2 aliphatic heterocycles. The Labute approximate surface area is 148 Å². The summed E-state index contributed by atoms with van der Waals surface area (Å²) in [7, 11) is 0. The van der Waals surface area contributed by atoms with E-state index in [9.17, 15) is 4.79 Å². The number of nitrogens with zero attached hydrogens (tertiary/aromatic N) is 3. The Morgan fingerprint density at radius 1 is 1.16 bits per heavy atom. The third-order valence-electron chi connectivity index (χ3n) is 4.93. The van der Waals surface area contributed by atoms with Crippen LogP contribution in [0, 0.1) is 17.2 Å². The summed E-state index contributed by atoms with van der Waals surface area (Å²) in [4.78, 5) is 16.7. The van der Waals surface area contributed by atoms with E-state index in [0.29, 0.717) is 17.2 Å². The maximum Gasteiger partial charge on any atom is 0.260 e. The number of ether oxygens (including phenoxy) is 2. The van der Waals surface area contributed by atoms with Gasteiger partial charge in [0.2, 0.25) is 0 Å². The second kappa shape index (κ2) is 8.84. The highest BCUT2D eigenvalue weighted by Crippen LogP contribution is 2.19. The van der Waals surface area contributed by atoms with Crippen LogP contribution in [-0.2, 0) is 9.53 Å². The minimum atomic E-state index is 0.0363. The average molecular weight is 343 g/mol. The first-order chi connectivity index (χ1) is 12.2. The molecule has 0 bridgehead atoms. The lowest BCUT2D eigenvalue weighted by Gasteiger charge is -2.36. The number of benzene rings is 1. The number of carbonyl (C=O) groups excluding carboxylic acids is 1. The van der Waals surface area contributed by atoms with E-state index in [1.54, 1.807) is 24.3 Å². The fourth-order valence-electron chi connectivity index (χ4n) is 3.38. The van der Waals surface area contributed by atoms with Crippen molar-refractivity contribution in [2.24, 2.45) is 5.92 Å². The molecule has 1 amide bonds. The molecule has 2 fully saturated rings. The standard InChI is InChI=1S/C19H25N3O3/c20-13-16-1-3-18(4-2-16)25-15-19(23)22-7-5-17(6-8-22)14-21-9-11-24-12-10-21/h1-4,17H,5-12,14-15H2. The molecule has 0 spiro atoms. The van der Waals surface area contributed by atoms with Gasteiger partial charge in [0.25, 0.3) is 5.91 Å². The first-order valence-corrected chi connectivity index (χ1v) is 8.95. The first kappa shape index (κ1) is 17.7. The summed E-state index contributed by atoms with van der Waals surface area (Å²) in [5.74, 6) is 1.32. The monoisotopic (exact) mass is 343 g/mol. The predicted octanol–water partition coefficient (Wildman–Crippen LogP) is 1.51. The zero-order valence-electron chi connectivity index (χ0n) is 14.5. The Hall–Kier alpha value is -2.10. The minimum Gasteiger partial charge on any atom is -0.484 e. The summed E-state index contributed by atoms with van der Waals surface area (Å²) in [6.45, 7) is 6.52. The van der Waals surface area contributed by atoms with Crippen molar-refractivity contribution < 1.29 is 14.3 Å². The van der Waals surface area contributed by atoms with E-state index in [2.05, 4.69) is 11.0 Å². The number of hydrogen-bond acceptors (Lipinski definition) is 5. The van der Waals surface area contributed by atoms with Crippen LogP contribution in [0.5, 0.6) is 5.75 Å². The molecule has 0 aliphatic carbocycles. The van der Waals surface area contributed by atoms with Crippen LogP contribution >= 0.6 is 0 Å². The third kappa shape index (κ3) is 5.18. The van der Waals surface area contributed by atoms with E-state index in [0.717, 1.165) is 58.8 Å². The second-order valence-electron chi connectivity index (χ2n) is 6.66. The van der Waals surface area contributed by atoms with Gasteiger partial charge in [-0.1, -0.05) is 0 Å². The topological polar surface area (TPSA) is 65.8 Å². The summed E-state index contributed by atoms with van der Waals surface area (Å²) in [6, 6.07) is 8.89. The molecular weight excluding hydrogens is 318 g/mol. The molecule has 0 unspecified atom stereocenters. The van der Waals surface area contributed by atoms with E-state index in [-0.39, 0.29) is 12.5 Å². The highest BCUT2D eigenvalue weighted by molar-refractivity contribution is 5.77. The summed E-state index contributed by atoms with van der Waals surface area (Å²) in [5, 5.41) is 8.78. The van der Waals surface area contributed by atoms with Gasteiger partial charge in [-0.25, -0.2) is 0 Å². The SMILES string of the molecule is N#Cc1ccc(OCC(=O)N2CCC(CN3CCOCC3)CC2)cc1. The van der Waals surface area contributed by atoms with Crippen LogP contribution in [0.15, 0.2) is 24.3 Å². The van der Waals surface area contributed by atoms with E-state index in [1.165, 1.54) is 0 Å². The highest BCUT2D eigenvalue weighted by atomic mass is 16.5. The molecule has 2 saturated heterocycles. The lowest BCUT2D eigenvalue weighted by Crippen LogP contribution is -2.45. The van der Waals surface area contributed by atoms with Crippen molar-refractivity contribution >= 4 is 5.91 Å². The Morgan fingerprint density at radius 3 is 2.48 bits per heavy atom. The van der Waals surface area contributed by atoms with E-state index < -0.39 is 0 Å². The molecule has 3 rings (SSSR count). The van der Waals surface area contributed by atoms with Gasteiger partial charge in [0.05, 0.1) is 24.8 Å². The average Bonchev–Trinajstić information content (AvgIpc) is 2.68. The molecule has 0 radical (unpaired) electrons. The van der Waals surface area contributed by atoms with E-state index >= 15 is 0 Å². The van der Waals surface area contributed by atoms with Gasteiger partial charge in [-0.05, 0) is 43.0 Å². The zero-order valence-corrected chi connectivity index (χ0v) is 14.5. The molecule has 0 N–H and O–H groups in total. The molecule has 6 heteroatoms. The number of likely N-dealkylation sites (tertiary alicyclic amines) is 1. The number of piperidine rings is 1. The van der Waals surface area contributed by atoms with Crippen molar-refractivity contribution in [3.8, 4) is 11.8 Å². The Kier molecular flexibility index (Phi) is 6.26. The largest absolute Gasteiger partial charge is 0.484 e. The van der Waals surface area contributed by atoms with Crippen LogP contribution in [0.25, 0.3) is 0 Å². The molecule has 1 aromatic carbocycles. The van der Waals surface area contributed by atoms with E-state index in [4.69, 9.17) is 14.7 Å².